The Balaban J connectivity index is 1.63. The van der Waals surface area contributed by atoms with Gasteiger partial charge in [-0.05, 0) is 24.3 Å². The smallest absolute Gasteiger partial charge is 0.305 e. The largest absolute Gasteiger partial charge is 0.490 e. The minimum atomic E-state index is -0.870. The highest BCUT2D eigenvalue weighted by Crippen LogP contribution is 2.23. The summed E-state index contributed by atoms with van der Waals surface area (Å²) < 4.78 is 11.2. The molecule has 6 nitrogen and oxygen atoms in total. The van der Waals surface area contributed by atoms with Crippen molar-refractivity contribution in [1.29, 1.82) is 0 Å². The van der Waals surface area contributed by atoms with E-state index in [4.69, 9.17) is 14.6 Å². The first-order valence-corrected chi connectivity index (χ1v) is 9.74. The number of hydrogen-bond acceptors (Lipinski definition) is 5. The number of carbonyl (C=O) groups excluding carboxylic acids is 1. The van der Waals surface area contributed by atoms with Crippen LogP contribution < -0.4 is 4.74 Å². The number of thioether (sulfide) groups is 1. The summed E-state index contributed by atoms with van der Waals surface area (Å²) in [6.07, 6.45) is 1.91. The molecule has 1 amide bonds. The van der Waals surface area contributed by atoms with E-state index in [1.54, 1.807) is 28.8 Å². The average Bonchev–Trinajstić information content (AvgIpc) is 2.63. The summed E-state index contributed by atoms with van der Waals surface area (Å²) in [6, 6.07) is 6.90. The number of carboxylic acid groups (broad SMARTS) is 1. The van der Waals surface area contributed by atoms with Crippen LogP contribution in [-0.2, 0) is 9.53 Å². The zero-order valence-corrected chi connectivity index (χ0v) is 14.9. The van der Waals surface area contributed by atoms with Crippen molar-refractivity contribution in [2.24, 2.45) is 0 Å². The first kappa shape index (κ1) is 18.1. The van der Waals surface area contributed by atoms with Crippen LogP contribution in [0.25, 0.3) is 0 Å². The lowest BCUT2D eigenvalue weighted by molar-refractivity contribution is -0.138. The number of rotatable bonds is 5. The van der Waals surface area contributed by atoms with Gasteiger partial charge in [0.2, 0.25) is 0 Å². The first-order valence-electron chi connectivity index (χ1n) is 8.58. The van der Waals surface area contributed by atoms with Gasteiger partial charge in [-0.3, -0.25) is 9.59 Å². The van der Waals surface area contributed by atoms with Crippen LogP contribution >= 0.6 is 11.8 Å². The SMILES string of the molecule is O=C(O)CC1CSCCN1C(=O)c1ccc(OC2CCOCC2)cc1. The molecule has 7 heteroatoms. The molecule has 0 aromatic heterocycles. The van der Waals surface area contributed by atoms with Crippen LogP contribution in [0.2, 0.25) is 0 Å². The monoisotopic (exact) mass is 365 g/mol. The number of ether oxygens (including phenoxy) is 2. The summed E-state index contributed by atoms with van der Waals surface area (Å²) in [4.78, 5) is 25.5. The van der Waals surface area contributed by atoms with Crippen molar-refractivity contribution in [2.45, 2.75) is 31.4 Å². The van der Waals surface area contributed by atoms with Crippen molar-refractivity contribution in [3.05, 3.63) is 29.8 Å². The third kappa shape index (κ3) is 4.89. The molecule has 0 radical (unpaired) electrons. The van der Waals surface area contributed by atoms with Crippen LogP contribution in [0.5, 0.6) is 5.75 Å². The molecule has 1 unspecified atom stereocenters. The number of nitrogens with zero attached hydrogens (tertiary/aromatic N) is 1. The van der Waals surface area contributed by atoms with E-state index in [0.717, 1.165) is 37.6 Å². The highest BCUT2D eigenvalue weighted by atomic mass is 32.2. The van der Waals surface area contributed by atoms with Gasteiger partial charge < -0.3 is 19.5 Å². The molecule has 0 aliphatic carbocycles. The van der Waals surface area contributed by atoms with Crippen LogP contribution in [0, 0.1) is 0 Å². The second-order valence-corrected chi connectivity index (χ2v) is 7.43. The van der Waals surface area contributed by atoms with E-state index >= 15 is 0 Å². The Morgan fingerprint density at radius 3 is 2.64 bits per heavy atom. The first-order chi connectivity index (χ1) is 12.1. The van der Waals surface area contributed by atoms with Gasteiger partial charge in [-0.15, -0.1) is 0 Å². The number of carbonyl (C=O) groups is 2. The van der Waals surface area contributed by atoms with E-state index in [2.05, 4.69) is 0 Å². The molecule has 1 aromatic carbocycles. The van der Waals surface area contributed by atoms with E-state index in [1.807, 2.05) is 12.1 Å². The Morgan fingerprint density at radius 1 is 1.24 bits per heavy atom. The number of hydrogen-bond donors (Lipinski definition) is 1. The normalized spacial score (nSPS) is 21.8. The van der Waals surface area contributed by atoms with Gasteiger partial charge in [-0.1, -0.05) is 0 Å². The van der Waals surface area contributed by atoms with Gasteiger partial charge in [0.05, 0.1) is 25.7 Å². The zero-order valence-electron chi connectivity index (χ0n) is 14.1. The minimum Gasteiger partial charge on any atom is -0.490 e. The summed E-state index contributed by atoms with van der Waals surface area (Å²) in [5.74, 6) is 1.28. The lowest BCUT2D eigenvalue weighted by Gasteiger charge is -2.34. The summed E-state index contributed by atoms with van der Waals surface area (Å²) in [5, 5.41) is 9.06. The molecule has 25 heavy (non-hydrogen) atoms. The summed E-state index contributed by atoms with van der Waals surface area (Å²) >= 11 is 1.70. The molecule has 1 atom stereocenters. The molecule has 2 fully saturated rings. The molecule has 0 saturated carbocycles. The molecule has 2 aliphatic rings. The predicted molar refractivity (Wildman–Crippen MR) is 95.3 cm³/mol. The highest BCUT2D eigenvalue weighted by molar-refractivity contribution is 7.99. The maximum absolute atomic E-state index is 12.8. The molecule has 1 aromatic rings. The summed E-state index contributed by atoms with van der Waals surface area (Å²) in [7, 11) is 0. The molecule has 136 valence electrons. The predicted octanol–water partition coefficient (Wildman–Crippen LogP) is 2.28. The van der Waals surface area contributed by atoms with Gasteiger partial charge in [0.25, 0.3) is 5.91 Å². The van der Waals surface area contributed by atoms with Crippen LogP contribution in [0.4, 0.5) is 0 Å². The second-order valence-electron chi connectivity index (χ2n) is 6.28. The number of carboxylic acids is 1. The third-order valence-corrected chi connectivity index (χ3v) is 5.56. The van der Waals surface area contributed by atoms with E-state index < -0.39 is 5.97 Å². The number of amides is 1. The Bertz CT molecular complexity index is 600. The van der Waals surface area contributed by atoms with Crippen molar-refractivity contribution in [1.82, 2.24) is 4.90 Å². The molecule has 2 saturated heterocycles. The maximum atomic E-state index is 12.8. The molecule has 3 rings (SSSR count). The van der Waals surface area contributed by atoms with Gasteiger partial charge in [-0.25, -0.2) is 0 Å². The fourth-order valence-electron chi connectivity index (χ4n) is 3.12. The fourth-order valence-corrected chi connectivity index (χ4v) is 4.18. The minimum absolute atomic E-state index is 0.0102. The van der Waals surface area contributed by atoms with Crippen molar-refractivity contribution >= 4 is 23.6 Å². The molecular formula is C18H23NO5S. The number of aliphatic carboxylic acids is 1. The zero-order chi connectivity index (χ0) is 17.6. The van der Waals surface area contributed by atoms with E-state index in [9.17, 15) is 9.59 Å². The standard InChI is InChI=1S/C18H23NO5S/c20-17(21)11-14-12-25-10-7-19(14)18(22)13-1-3-15(4-2-13)24-16-5-8-23-9-6-16/h1-4,14,16H,5-12H2,(H,20,21). The molecule has 2 aliphatic heterocycles. The Labute approximate surface area is 151 Å². The quantitative estimate of drug-likeness (QED) is 0.863. The molecular weight excluding hydrogens is 342 g/mol. The topological polar surface area (TPSA) is 76.1 Å². The van der Waals surface area contributed by atoms with Crippen molar-refractivity contribution in [3.63, 3.8) is 0 Å². The van der Waals surface area contributed by atoms with Crippen LogP contribution in [0.1, 0.15) is 29.6 Å². The lowest BCUT2D eigenvalue weighted by atomic mass is 10.1. The van der Waals surface area contributed by atoms with Gasteiger partial charge in [0.1, 0.15) is 11.9 Å². The molecule has 0 spiro atoms. The maximum Gasteiger partial charge on any atom is 0.305 e. The fraction of sp³-hybridized carbons (Fsp3) is 0.556. The van der Waals surface area contributed by atoms with Crippen LogP contribution in [0.15, 0.2) is 24.3 Å². The van der Waals surface area contributed by atoms with Crippen molar-refractivity contribution in [3.8, 4) is 5.75 Å². The van der Waals surface area contributed by atoms with Gasteiger partial charge >= 0.3 is 5.97 Å². The lowest BCUT2D eigenvalue weighted by Crippen LogP contribution is -2.47. The van der Waals surface area contributed by atoms with E-state index in [1.165, 1.54) is 0 Å². The van der Waals surface area contributed by atoms with Crippen molar-refractivity contribution in [2.75, 3.05) is 31.3 Å². The van der Waals surface area contributed by atoms with Crippen molar-refractivity contribution < 1.29 is 24.2 Å². The second kappa shape index (κ2) is 8.58. The highest BCUT2D eigenvalue weighted by Gasteiger charge is 2.29. The van der Waals surface area contributed by atoms with Gasteiger partial charge in [-0.2, -0.15) is 11.8 Å². The molecule has 0 bridgehead atoms. The number of benzene rings is 1. The average molecular weight is 365 g/mol. The van der Waals surface area contributed by atoms with Crippen LogP contribution in [-0.4, -0.2) is 65.3 Å². The Kier molecular flexibility index (Phi) is 6.20. The Hall–Kier alpha value is -1.73. The van der Waals surface area contributed by atoms with Crippen LogP contribution in [0.3, 0.4) is 0 Å². The summed E-state index contributed by atoms with van der Waals surface area (Å²) in [5.41, 5.74) is 0.571. The summed E-state index contributed by atoms with van der Waals surface area (Å²) in [6.45, 7) is 2.03. The van der Waals surface area contributed by atoms with E-state index in [0.29, 0.717) is 17.9 Å². The Morgan fingerprint density at radius 2 is 1.96 bits per heavy atom. The van der Waals surface area contributed by atoms with Gasteiger partial charge in [0, 0.05) is 36.5 Å². The molecule has 1 N–H and O–H groups in total. The third-order valence-electron chi connectivity index (χ3n) is 4.47. The van der Waals surface area contributed by atoms with E-state index in [-0.39, 0.29) is 24.5 Å². The molecule has 2 heterocycles. The van der Waals surface area contributed by atoms with Gasteiger partial charge in [0.15, 0.2) is 0 Å².